The molecule has 0 bridgehead atoms. The number of fused-ring (bicyclic) bond motifs is 1. The quantitative estimate of drug-likeness (QED) is 0.864. The average Bonchev–Trinajstić information content (AvgIpc) is 2.46. The molecule has 3 heteroatoms. The highest BCUT2D eigenvalue weighted by Gasteiger charge is 2.47. The van der Waals surface area contributed by atoms with Crippen LogP contribution in [0.1, 0.15) is 28.4 Å². The van der Waals surface area contributed by atoms with Crippen molar-refractivity contribution in [3.63, 3.8) is 0 Å². The number of aryl methyl sites for hydroxylation is 1. The predicted octanol–water partition coefficient (Wildman–Crippen LogP) is 3.05. The smallest absolute Gasteiger partial charge is 0.244 e. The molecule has 3 rings (SSSR count). The molecule has 0 aromatic heterocycles. The van der Waals surface area contributed by atoms with Crippen LogP contribution in [-0.2, 0) is 5.79 Å². The van der Waals surface area contributed by atoms with Crippen LogP contribution in [-0.4, -0.2) is 10.9 Å². The first-order valence-electron chi connectivity index (χ1n) is 6.64. The van der Waals surface area contributed by atoms with E-state index < -0.39 is 11.7 Å². The number of hydrogen-bond donors (Lipinski definition) is 1. The highest BCUT2D eigenvalue weighted by atomic mass is 16.6. The maximum Gasteiger partial charge on any atom is 0.244 e. The molecule has 2 atom stereocenters. The molecule has 2 aromatic carbocycles. The van der Waals surface area contributed by atoms with Gasteiger partial charge in [-0.3, -0.25) is 4.79 Å². The van der Waals surface area contributed by atoms with Crippen LogP contribution in [0.3, 0.4) is 0 Å². The second-order valence-electron chi connectivity index (χ2n) is 5.25. The lowest BCUT2D eigenvalue weighted by molar-refractivity contribution is -0.176. The maximum atomic E-state index is 12.4. The normalized spacial score (nSPS) is 24.9. The summed E-state index contributed by atoms with van der Waals surface area (Å²) in [7, 11) is 0. The molecule has 20 heavy (non-hydrogen) atoms. The Kier molecular flexibility index (Phi) is 2.87. The monoisotopic (exact) mass is 268 g/mol. The third kappa shape index (κ3) is 1.82. The van der Waals surface area contributed by atoms with Crippen LogP contribution in [0.15, 0.2) is 48.5 Å². The second-order valence-corrected chi connectivity index (χ2v) is 5.25. The van der Waals surface area contributed by atoms with Crippen LogP contribution in [0.2, 0.25) is 0 Å². The van der Waals surface area contributed by atoms with Crippen molar-refractivity contribution in [1.82, 2.24) is 0 Å². The van der Waals surface area contributed by atoms with Crippen molar-refractivity contribution < 1.29 is 14.6 Å². The Bertz CT molecular complexity index is 660. The number of aliphatic hydroxyl groups is 1. The molecule has 0 radical (unpaired) electrons. The van der Waals surface area contributed by atoms with E-state index in [0.717, 1.165) is 5.56 Å². The second kappa shape index (κ2) is 4.46. The number of ether oxygens (including phenoxy) is 1. The molecule has 0 aliphatic carbocycles. The third-order valence-electron chi connectivity index (χ3n) is 3.86. The van der Waals surface area contributed by atoms with Crippen molar-refractivity contribution >= 4 is 5.78 Å². The van der Waals surface area contributed by atoms with Gasteiger partial charge in [0.2, 0.25) is 5.79 Å². The molecule has 0 unspecified atom stereocenters. The molecule has 0 spiro atoms. The summed E-state index contributed by atoms with van der Waals surface area (Å²) >= 11 is 0. The van der Waals surface area contributed by atoms with Crippen molar-refractivity contribution in [2.75, 3.05) is 0 Å². The minimum absolute atomic E-state index is 0.102. The van der Waals surface area contributed by atoms with Gasteiger partial charge in [0.05, 0.1) is 11.5 Å². The minimum Gasteiger partial charge on any atom is -0.457 e. The zero-order valence-corrected chi connectivity index (χ0v) is 11.5. The highest BCUT2D eigenvalue weighted by molar-refractivity contribution is 6.01. The summed E-state index contributed by atoms with van der Waals surface area (Å²) in [4.78, 5) is 12.4. The lowest BCUT2D eigenvalue weighted by Gasteiger charge is -2.38. The van der Waals surface area contributed by atoms with Crippen LogP contribution in [0.5, 0.6) is 5.75 Å². The number of rotatable bonds is 1. The van der Waals surface area contributed by atoms with Crippen molar-refractivity contribution in [1.29, 1.82) is 0 Å². The number of Topliss-reactive ketones (excluding diaryl/α,β-unsaturated/α-hetero) is 1. The van der Waals surface area contributed by atoms with E-state index in [1.165, 1.54) is 0 Å². The molecular formula is C17H16O3. The Labute approximate surface area is 117 Å². The van der Waals surface area contributed by atoms with Gasteiger partial charge < -0.3 is 9.84 Å². The fourth-order valence-corrected chi connectivity index (χ4v) is 2.53. The van der Waals surface area contributed by atoms with E-state index in [1.807, 2.05) is 19.1 Å². The van der Waals surface area contributed by atoms with E-state index in [9.17, 15) is 9.90 Å². The largest absolute Gasteiger partial charge is 0.457 e. The van der Waals surface area contributed by atoms with E-state index in [2.05, 4.69) is 0 Å². The molecule has 0 saturated heterocycles. The summed E-state index contributed by atoms with van der Waals surface area (Å²) in [5.74, 6) is -1.94. The number of para-hydroxylation sites is 1. The minimum atomic E-state index is -1.61. The number of benzene rings is 2. The first kappa shape index (κ1) is 12.9. The van der Waals surface area contributed by atoms with Crippen LogP contribution < -0.4 is 4.74 Å². The van der Waals surface area contributed by atoms with Crippen molar-refractivity contribution in [3.05, 3.63) is 65.2 Å². The summed E-state index contributed by atoms with van der Waals surface area (Å²) in [6, 6.07) is 14.4. The van der Waals surface area contributed by atoms with Gasteiger partial charge in [-0.05, 0) is 26.0 Å². The molecule has 1 aliphatic rings. The molecule has 1 aliphatic heterocycles. The van der Waals surface area contributed by atoms with Gasteiger partial charge in [-0.15, -0.1) is 0 Å². The van der Waals surface area contributed by atoms with E-state index in [-0.39, 0.29) is 5.78 Å². The number of carbonyl (C=O) groups excluding carboxylic acids is 1. The molecule has 102 valence electrons. The van der Waals surface area contributed by atoms with Crippen LogP contribution in [0, 0.1) is 12.8 Å². The molecule has 0 fully saturated rings. The SMILES string of the molecule is Cc1ccc([C@]2(O)Oc3ccccc3C(=O)[C@H]2C)cc1. The van der Waals surface area contributed by atoms with Gasteiger partial charge in [-0.25, -0.2) is 0 Å². The first-order valence-corrected chi connectivity index (χ1v) is 6.64. The summed E-state index contributed by atoms with van der Waals surface area (Å²) in [6.45, 7) is 3.66. The predicted molar refractivity (Wildman–Crippen MR) is 75.6 cm³/mol. The summed E-state index contributed by atoms with van der Waals surface area (Å²) in [5, 5.41) is 10.9. The molecule has 1 heterocycles. The van der Waals surface area contributed by atoms with Crippen molar-refractivity contribution in [3.8, 4) is 5.75 Å². The molecule has 0 amide bonds. The van der Waals surface area contributed by atoms with Gasteiger partial charge in [0.1, 0.15) is 5.75 Å². The maximum absolute atomic E-state index is 12.4. The molecule has 0 saturated carbocycles. The van der Waals surface area contributed by atoms with Crippen molar-refractivity contribution in [2.24, 2.45) is 5.92 Å². The van der Waals surface area contributed by atoms with E-state index >= 15 is 0 Å². The average molecular weight is 268 g/mol. The first-order chi connectivity index (χ1) is 9.52. The van der Waals surface area contributed by atoms with Crippen LogP contribution >= 0.6 is 0 Å². The van der Waals surface area contributed by atoms with E-state index in [1.54, 1.807) is 43.3 Å². The van der Waals surface area contributed by atoms with Gasteiger partial charge in [-0.2, -0.15) is 0 Å². The topological polar surface area (TPSA) is 46.5 Å². The molecule has 2 aromatic rings. The van der Waals surface area contributed by atoms with Crippen LogP contribution in [0.4, 0.5) is 0 Å². The fraction of sp³-hybridized carbons (Fsp3) is 0.235. The summed E-state index contributed by atoms with van der Waals surface area (Å²) in [6.07, 6.45) is 0. The van der Waals surface area contributed by atoms with Gasteiger partial charge in [0.25, 0.3) is 0 Å². The Morgan fingerprint density at radius 1 is 1.10 bits per heavy atom. The fourth-order valence-electron chi connectivity index (χ4n) is 2.53. The van der Waals surface area contributed by atoms with Crippen LogP contribution in [0.25, 0.3) is 0 Å². The number of carbonyl (C=O) groups is 1. The zero-order chi connectivity index (χ0) is 14.3. The van der Waals surface area contributed by atoms with Crippen molar-refractivity contribution in [2.45, 2.75) is 19.6 Å². The van der Waals surface area contributed by atoms with E-state index in [0.29, 0.717) is 16.9 Å². The Morgan fingerprint density at radius 2 is 1.75 bits per heavy atom. The summed E-state index contributed by atoms with van der Waals surface area (Å²) in [5.41, 5.74) is 2.21. The zero-order valence-electron chi connectivity index (χ0n) is 11.5. The Hall–Kier alpha value is -2.13. The highest BCUT2D eigenvalue weighted by Crippen LogP contribution is 2.41. The molecule has 3 nitrogen and oxygen atoms in total. The summed E-state index contributed by atoms with van der Waals surface area (Å²) < 4.78 is 5.76. The van der Waals surface area contributed by atoms with E-state index in [4.69, 9.17) is 4.74 Å². The Balaban J connectivity index is 2.11. The van der Waals surface area contributed by atoms with Gasteiger partial charge >= 0.3 is 0 Å². The molecular weight excluding hydrogens is 252 g/mol. The molecule has 1 N–H and O–H groups in total. The Morgan fingerprint density at radius 3 is 2.45 bits per heavy atom. The lowest BCUT2D eigenvalue weighted by atomic mass is 9.84. The van der Waals surface area contributed by atoms with Gasteiger partial charge in [0, 0.05) is 5.56 Å². The number of hydrogen-bond acceptors (Lipinski definition) is 3. The third-order valence-corrected chi connectivity index (χ3v) is 3.86. The standard InChI is InChI=1S/C17H16O3/c1-11-7-9-13(10-8-11)17(19)12(2)16(18)14-5-3-4-6-15(14)20-17/h3-10,12,19H,1-2H3/t12-,17-/m1/s1. The lowest BCUT2D eigenvalue weighted by Crippen LogP contribution is -2.46. The van der Waals surface area contributed by atoms with Gasteiger partial charge in [-0.1, -0.05) is 42.0 Å². The number of ketones is 1. The van der Waals surface area contributed by atoms with Gasteiger partial charge in [0.15, 0.2) is 5.78 Å².